The van der Waals surface area contributed by atoms with E-state index in [2.05, 4.69) is 25.7 Å². The van der Waals surface area contributed by atoms with Gasteiger partial charge in [0.1, 0.15) is 0 Å². The van der Waals surface area contributed by atoms with Gasteiger partial charge in [0.25, 0.3) is 5.91 Å². The Kier molecular flexibility index (Phi) is 3.07. The number of carbonyl (C=O) groups excluding carboxylic acids is 1. The number of benzene rings is 1. The monoisotopic (exact) mass is 247 g/mol. The molecule has 0 saturated heterocycles. The topological polar surface area (TPSA) is 72.3 Å². The highest BCUT2D eigenvalue weighted by molar-refractivity contribution is 5.98. The van der Waals surface area contributed by atoms with Crippen molar-refractivity contribution >= 4 is 11.6 Å². The summed E-state index contributed by atoms with van der Waals surface area (Å²) in [5.41, 5.74) is 12.8. The Morgan fingerprint density at radius 2 is 1.89 bits per heavy atom. The van der Waals surface area contributed by atoms with Crippen molar-refractivity contribution in [3.63, 3.8) is 0 Å². The number of nitrogens with two attached hydrogens (primary N) is 2. The maximum absolute atomic E-state index is 11.5. The van der Waals surface area contributed by atoms with Crippen LogP contribution < -0.4 is 16.4 Å². The van der Waals surface area contributed by atoms with Crippen molar-refractivity contribution in [2.24, 2.45) is 11.5 Å². The number of anilines is 1. The van der Waals surface area contributed by atoms with Gasteiger partial charge in [0, 0.05) is 17.6 Å². The first kappa shape index (κ1) is 12.9. The van der Waals surface area contributed by atoms with Gasteiger partial charge in [-0.25, -0.2) is 0 Å². The van der Waals surface area contributed by atoms with Gasteiger partial charge in [0.05, 0.1) is 11.3 Å². The second-order valence-corrected chi connectivity index (χ2v) is 5.89. The molecule has 1 aliphatic carbocycles. The molecule has 98 valence electrons. The number of amides is 1. The molecule has 0 radical (unpaired) electrons. The summed E-state index contributed by atoms with van der Waals surface area (Å²) in [5, 5.41) is 0. The molecule has 1 aromatic carbocycles. The van der Waals surface area contributed by atoms with Gasteiger partial charge in [0.2, 0.25) is 0 Å². The van der Waals surface area contributed by atoms with Gasteiger partial charge in [0.15, 0.2) is 0 Å². The van der Waals surface area contributed by atoms with E-state index in [-0.39, 0.29) is 11.6 Å². The normalized spacial score (nSPS) is 22.7. The molecule has 1 fully saturated rings. The molecule has 0 bridgehead atoms. The Balaban J connectivity index is 2.46. The van der Waals surface area contributed by atoms with Crippen LogP contribution in [-0.4, -0.2) is 23.5 Å². The maximum Gasteiger partial charge on any atom is 0.250 e. The molecule has 0 aromatic heterocycles. The Morgan fingerprint density at radius 3 is 2.33 bits per heavy atom. The summed E-state index contributed by atoms with van der Waals surface area (Å²) in [7, 11) is 0. The zero-order valence-electron chi connectivity index (χ0n) is 11.2. The lowest BCUT2D eigenvalue weighted by molar-refractivity contribution is 0.100. The first-order valence-corrected chi connectivity index (χ1v) is 6.26. The minimum absolute atomic E-state index is 0.0929. The molecule has 1 amide bonds. The third-order valence-electron chi connectivity index (χ3n) is 3.29. The number of hydrogen-bond acceptors (Lipinski definition) is 3. The number of rotatable bonds is 3. The number of para-hydroxylation sites is 1. The lowest BCUT2D eigenvalue weighted by Crippen LogP contribution is -2.46. The standard InChI is InChI=1S/C14H21N3O/c1-14(2,3)17(12-8-10(12)15)11-7-5-4-6-9(11)13(16)18/h4-7,10,12H,8,15H2,1-3H3,(H2,16,18). The smallest absolute Gasteiger partial charge is 0.250 e. The summed E-state index contributed by atoms with van der Waals surface area (Å²) in [6, 6.07) is 7.95. The first-order valence-electron chi connectivity index (χ1n) is 6.26. The van der Waals surface area contributed by atoms with Gasteiger partial charge in [-0.3, -0.25) is 4.79 Å². The van der Waals surface area contributed by atoms with Crippen LogP contribution in [0.5, 0.6) is 0 Å². The quantitative estimate of drug-likeness (QED) is 0.850. The SMILES string of the molecule is CC(C)(C)N(c1ccccc1C(N)=O)C1CC1N. The summed E-state index contributed by atoms with van der Waals surface area (Å²) in [6.45, 7) is 6.36. The van der Waals surface area contributed by atoms with Crippen molar-refractivity contribution < 1.29 is 4.79 Å². The van der Waals surface area contributed by atoms with E-state index >= 15 is 0 Å². The van der Waals surface area contributed by atoms with Crippen LogP contribution in [0.15, 0.2) is 24.3 Å². The zero-order valence-corrected chi connectivity index (χ0v) is 11.2. The van der Waals surface area contributed by atoms with Crippen molar-refractivity contribution in [1.82, 2.24) is 0 Å². The minimum Gasteiger partial charge on any atom is -0.366 e. The third-order valence-corrected chi connectivity index (χ3v) is 3.29. The van der Waals surface area contributed by atoms with Crippen molar-refractivity contribution in [3.05, 3.63) is 29.8 Å². The number of carbonyl (C=O) groups is 1. The summed E-state index contributed by atoms with van der Waals surface area (Å²) < 4.78 is 0. The fourth-order valence-corrected chi connectivity index (χ4v) is 2.43. The van der Waals surface area contributed by atoms with Crippen molar-refractivity contribution in [2.75, 3.05) is 4.90 Å². The van der Waals surface area contributed by atoms with E-state index in [1.807, 2.05) is 18.2 Å². The number of primary amides is 1. The van der Waals surface area contributed by atoms with Gasteiger partial charge in [-0.2, -0.15) is 0 Å². The van der Waals surface area contributed by atoms with Gasteiger partial charge in [-0.05, 0) is 39.3 Å². The van der Waals surface area contributed by atoms with Crippen LogP contribution in [0.3, 0.4) is 0 Å². The van der Waals surface area contributed by atoms with E-state index in [9.17, 15) is 4.79 Å². The predicted octanol–water partition coefficient (Wildman–Crippen LogP) is 1.49. The predicted molar refractivity (Wildman–Crippen MR) is 73.6 cm³/mol. The summed E-state index contributed by atoms with van der Waals surface area (Å²) >= 11 is 0. The second kappa shape index (κ2) is 4.28. The Labute approximate surface area is 108 Å². The molecule has 0 spiro atoms. The van der Waals surface area contributed by atoms with Crippen LogP contribution in [0.1, 0.15) is 37.6 Å². The summed E-state index contributed by atoms with van der Waals surface area (Å²) in [4.78, 5) is 13.8. The molecule has 0 aliphatic heterocycles. The van der Waals surface area contributed by atoms with E-state index in [0.29, 0.717) is 11.6 Å². The maximum atomic E-state index is 11.5. The molecule has 1 saturated carbocycles. The summed E-state index contributed by atoms with van der Waals surface area (Å²) in [5.74, 6) is -0.394. The van der Waals surface area contributed by atoms with Crippen LogP contribution in [0, 0.1) is 0 Å². The molecule has 2 atom stereocenters. The molecule has 4 nitrogen and oxygen atoms in total. The molecule has 1 aromatic rings. The minimum atomic E-state index is -0.394. The van der Waals surface area contributed by atoms with Gasteiger partial charge in [-0.1, -0.05) is 12.1 Å². The molecule has 2 rings (SSSR count). The molecular formula is C14H21N3O. The Hall–Kier alpha value is -1.55. The van der Waals surface area contributed by atoms with Crippen molar-refractivity contribution in [3.8, 4) is 0 Å². The van der Waals surface area contributed by atoms with Crippen molar-refractivity contribution in [2.45, 2.75) is 44.8 Å². The van der Waals surface area contributed by atoms with Crippen LogP contribution in [0.25, 0.3) is 0 Å². The highest BCUT2D eigenvalue weighted by Crippen LogP contribution is 2.38. The van der Waals surface area contributed by atoms with Crippen LogP contribution in [0.4, 0.5) is 5.69 Å². The van der Waals surface area contributed by atoms with Crippen LogP contribution in [0.2, 0.25) is 0 Å². The lowest BCUT2D eigenvalue weighted by Gasteiger charge is -2.39. The van der Waals surface area contributed by atoms with E-state index in [1.54, 1.807) is 6.07 Å². The molecule has 4 heteroatoms. The molecule has 18 heavy (non-hydrogen) atoms. The van der Waals surface area contributed by atoms with Crippen molar-refractivity contribution in [1.29, 1.82) is 0 Å². The molecule has 0 heterocycles. The Bertz CT molecular complexity index is 464. The van der Waals surface area contributed by atoms with E-state index in [1.165, 1.54) is 0 Å². The molecule has 1 aliphatic rings. The second-order valence-electron chi connectivity index (χ2n) is 5.89. The Morgan fingerprint density at radius 1 is 1.33 bits per heavy atom. The van der Waals surface area contributed by atoms with E-state index < -0.39 is 5.91 Å². The van der Waals surface area contributed by atoms with E-state index in [4.69, 9.17) is 11.5 Å². The number of nitrogens with zero attached hydrogens (tertiary/aromatic N) is 1. The van der Waals surface area contributed by atoms with Gasteiger partial charge in [-0.15, -0.1) is 0 Å². The summed E-state index contributed by atoms with van der Waals surface area (Å²) in [6.07, 6.45) is 0.963. The molecular weight excluding hydrogens is 226 g/mol. The largest absolute Gasteiger partial charge is 0.366 e. The zero-order chi connectivity index (χ0) is 13.5. The fraction of sp³-hybridized carbons (Fsp3) is 0.500. The average molecular weight is 247 g/mol. The van der Waals surface area contributed by atoms with E-state index in [0.717, 1.165) is 12.1 Å². The van der Waals surface area contributed by atoms with Crippen LogP contribution in [-0.2, 0) is 0 Å². The molecule has 4 N–H and O–H groups in total. The fourth-order valence-electron chi connectivity index (χ4n) is 2.43. The number of hydrogen-bond donors (Lipinski definition) is 2. The average Bonchev–Trinajstić information content (AvgIpc) is 2.93. The van der Waals surface area contributed by atoms with Gasteiger partial charge < -0.3 is 16.4 Å². The lowest BCUT2D eigenvalue weighted by atomic mass is 10.0. The van der Waals surface area contributed by atoms with Gasteiger partial charge >= 0.3 is 0 Å². The first-order chi connectivity index (χ1) is 8.32. The highest BCUT2D eigenvalue weighted by atomic mass is 16.1. The highest BCUT2D eigenvalue weighted by Gasteiger charge is 2.44. The molecule has 2 unspecified atom stereocenters. The van der Waals surface area contributed by atoms with Crippen LogP contribution >= 0.6 is 0 Å². The third kappa shape index (κ3) is 2.34.